The highest BCUT2D eigenvalue weighted by Crippen LogP contribution is 2.27. The molecule has 1 aliphatic heterocycles. The Balaban J connectivity index is 2.09. The van der Waals surface area contributed by atoms with Gasteiger partial charge in [-0.2, -0.15) is 0 Å². The van der Waals surface area contributed by atoms with Crippen LogP contribution in [0.15, 0.2) is 22.7 Å². The first-order chi connectivity index (χ1) is 10.9. The number of carbonyl (C=O) groups excluding carboxylic acids is 3. The number of benzene rings is 1. The number of amides is 3. The molecule has 1 saturated heterocycles. The van der Waals surface area contributed by atoms with Crippen molar-refractivity contribution in [2.24, 2.45) is 0 Å². The summed E-state index contributed by atoms with van der Waals surface area (Å²) in [5, 5.41) is 0. The first-order valence-corrected chi connectivity index (χ1v) is 8.23. The van der Waals surface area contributed by atoms with Crippen LogP contribution >= 0.6 is 15.9 Å². The first-order valence-electron chi connectivity index (χ1n) is 7.43. The van der Waals surface area contributed by atoms with Gasteiger partial charge in [0.2, 0.25) is 18.2 Å². The van der Waals surface area contributed by atoms with E-state index in [-0.39, 0.29) is 18.4 Å². The van der Waals surface area contributed by atoms with E-state index in [9.17, 15) is 14.4 Å². The fourth-order valence-corrected chi connectivity index (χ4v) is 3.22. The minimum atomic E-state index is -0.186. The van der Waals surface area contributed by atoms with Crippen molar-refractivity contribution in [2.45, 2.75) is 13.8 Å². The van der Waals surface area contributed by atoms with Gasteiger partial charge in [-0.3, -0.25) is 14.4 Å². The van der Waals surface area contributed by atoms with Crippen molar-refractivity contribution in [1.29, 1.82) is 0 Å². The zero-order valence-electron chi connectivity index (χ0n) is 13.3. The maximum atomic E-state index is 12.5. The van der Waals surface area contributed by atoms with E-state index in [1.165, 1.54) is 11.8 Å². The number of halogens is 1. The normalized spacial score (nSPS) is 14.6. The van der Waals surface area contributed by atoms with Gasteiger partial charge < -0.3 is 14.7 Å². The Morgan fingerprint density at radius 3 is 2.43 bits per heavy atom. The minimum Gasteiger partial charge on any atom is -0.342 e. The quantitative estimate of drug-likeness (QED) is 0.740. The van der Waals surface area contributed by atoms with E-state index in [0.29, 0.717) is 31.9 Å². The molecule has 6 nitrogen and oxygen atoms in total. The van der Waals surface area contributed by atoms with Crippen LogP contribution in [0.4, 0.5) is 5.69 Å². The minimum absolute atomic E-state index is 0.00190. The van der Waals surface area contributed by atoms with E-state index < -0.39 is 0 Å². The Labute approximate surface area is 144 Å². The maximum absolute atomic E-state index is 12.5. The molecule has 2 rings (SSSR count). The molecule has 1 fully saturated rings. The molecule has 0 aliphatic carbocycles. The summed E-state index contributed by atoms with van der Waals surface area (Å²) >= 11 is 3.45. The van der Waals surface area contributed by atoms with Crippen molar-refractivity contribution in [3.05, 3.63) is 28.2 Å². The van der Waals surface area contributed by atoms with Crippen LogP contribution < -0.4 is 4.90 Å². The topological polar surface area (TPSA) is 60.9 Å². The average molecular weight is 382 g/mol. The second-order valence-electron chi connectivity index (χ2n) is 5.58. The number of nitrogens with zero attached hydrogens (tertiary/aromatic N) is 3. The third-order valence-electron chi connectivity index (χ3n) is 3.88. The zero-order valence-corrected chi connectivity index (χ0v) is 14.9. The number of piperazine rings is 1. The van der Waals surface area contributed by atoms with Gasteiger partial charge in [-0.1, -0.05) is 6.07 Å². The molecular weight excluding hydrogens is 362 g/mol. The molecule has 7 heteroatoms. The van der Waals surface area contributed by atoms with E-state index >= 15 is 0 Å². The fourth-order valence-electron chi connectivity index (χ4n) is 2.51. The summed E-state index contributed by atoms with van der Waals surface area (Å²) in [7, 11) is 0. The van der Waals surface area contributed by atoms with Crippen molar-refractivity contribution in [3.8, 4) is 0 Å². The van der Waals surface area contributed by atoms with Crippen molar-refractivity contribution < 1.29 is 14.4 Å². The summed E-state index contributed by atoms with van der Waals surface area (Å²) < 4.78 is 0.784. The largest absolute Gasteiger partial charge is 0.342 e. The maximum Gasteiger partial charge on any atom is 0.242 e. The molecule has 3 amide bonds. The summed E-state index contributed by atoms with van der Waals surface area (Å²) in [6.45, 7) is 5.47. The summed E-state index contributed by atoms with van der Waals surface area (Å²) in [6, 6.07) is 5.65. The third-order valence-corrected chi connectivity index (χ3v) is 4.52. The Hall–Kier alpha value is -1.89. The Bertz CT molecular complexity index is 613. The predicted octanol–water partition coefficient (Wildman–Crippen LogP) is 1.41. The monoisotopic (exact) mass is 381 g/mol. The molecule has 1 aromatic carbocycles. The standard InChI is InChI=1S/C16H20BrN3O3/c1-12-3-4-15(14(17)9-12)20(13(2)22)10-16(23)19-7-5-18(11-21)6-8-19/h3-4,9,11H,5-8,10H2,1-2H3. The van der Waals surface area contributed by atoms with Crippen LogP contribution in [0.1, 0.15) is 12.5 Å². The second-order valence-corrected chi connectivity index (χ2v) is 6.44. The molecule has 0 unspecified atom stereocenters. The zero-order chi connectivity index (χ0) is 17.0. The molecule has 1 aliphatic rings. The van der Waals surface area contributed by atoms with Crippen LogP contribution in [0.2, 0.25) is 0 Å². The van der Waals surface area contributed by atoms with Crippen LogP contribution in [-0.4, -0.2) is 60.7 Å². The number of hydrogen-bond acceptors (Lipinski definition) is 3. The molecule has 23 heavy (non-hydrogen) atoms. The van der Waals surface area contributed by atoms with E-state index in [2.05, 4.69) is 15.9 Å². The van der Waals surface area contributed by atoms with Gasteiger partial charge in [0, 0.05) is 37.6 Å². The van der Waals surface area contributed by atoms with E-state index in [0.717, 1.165) is 16.4 Å². The predicted molar refractivity (Wildman–Crippen MR) is 91.1 cm³/mol. The molecule has 1 heterocycles. The fraction of sp³-hybridized carbons (Fsp3) is 0.438. The number of anilines is 1. The smallest absolute Gasteiger partial charge is 0.242 e. The highest BCUT2D eigenvalue weighted by Gasteiger charge is 2.24. The molecule has 0 aromatic heterocycles. The van der Waals surface area contributed by atoms with Crippen LogP contribution in [-0.2, 0) is 14.4 Å². The van der Waals surface area contributed by atoms with Crippen molar-refractivity contribution >= 4 is 39.8 Å². The SMILES string of the molecule is CC(=O)N(CC(=O)N1CCN(C=O)CC1)c1ccc(C)cc1Br. The van der Waals surface area contributed by atoms with E-state index in [1.807, 2.05) is 25.1 Å². The van der Waals surface area contributed by atoms with Gasteiger partial charge in [0.05, 0.1) is 5.69 Å². The van der Waals surface area contributed by atoms with Crippen molar-refractivity contribution in [3.63, 3.8) is 0 Å². The molecule has 1 aromatic rings. The van der Waals surface area contributed by atoms with Gasteiger partial charge >= 0.3 is 0 Å². The molecule has 0 bridgehead atoms. The lowest BCUT2D eigenvalue weighted by Crippen LogP contribution is -2.51. The number of rotatable bonds is 4. The van der Waals surface area contributed by atoms with Crippen LogP contribution in [0.5, 0.6) is 0 Å². The van der Waals surface area contributed by atoms with Gasteiger partial charge in [-0.15, -0.1) is 0 Å². The molecule has 0 radical (unpaired) electrons. The lowest BCUT2D eigenvalue weighted by atomic mass is 10.2. The van der Waals surface area contributed by atoms with Gasteiger partial charge in [0.15, 0.2) is 0 Å². The summed E-state index contributed by atoms with van der Waals surface area (Å²) in [6.07, 6.45) is 0.799. The van der Waals surface area contributed by atoms with E-state index in [4.69, 9.17) is 0 Å². The van der Waals surface area contributed by atoms with Crippen LogP contribution in [0, 0.1) is 6.92 Å². The number of hydrogen-bond donors (Lipinski definition) is 0. The summed E-state index contributed by atoms with van der Waals surface area (Å²) in [4.78, 5) is 40.0. The molecular formula is C16H20BrN3O3. The Kier molecular flexibility index (Phi) is 5.76. The highest BCUT2D eigenvalue weighted by molar-refractivity contribution is 9.10. The van der Waals surface area contributed by atoms with Crippen LogP contribution in [0.3, 0.4) is 0 Å². The lowest BCUT2D eigenvalue weighted by molar-refractivity contribution is -0.134. The summed E-state index contributed by atoms with van der Waals surface area (Å²) in [5.74, 6) is -0.298. The third kappa shape index (κ3) is 4.31. The second kappa shape index (κ2) is 7.59. The number of aryl methyl sites for hydroxylation is 1. The van der Waals surface area contributed by atoms with E-state index in [1.54, 1.807) is 9.80 Å². The Morgan fingerprint density at radius 1 is 1.26 bits per heavy atom. The first kappa shape index (κ1) is 17.5. The lowest BCUT2D eigenvalue weighted by Gasteiger charge is -2.34. The van der Waals surface area contributed by atoms with Crippen LogP contribution in [0.25, 0.3) is 0 Å². The van der Waals surface area contributed by atoms with Gasteiger partial charge in [0.1, 0.15) is 6.54 Å². The highest BCUT2D eigenvalue weighted by atomic mass is 79.9. The van der Waals surface area contributed by atoms with Gasteiger partial charge in [-0.25, -0.2) is 0 Å². The van der Waals surface area contributed by atoms with Gasteiger partial charge in [0.25, 0.3) is 0 Å². The molecule has 0 saturated carbocycles. The molecule has 124 valence electrons. The average Bonchev–Trinajstić information content (AvgIpc) is 2.53. The van der Waals surface area contributed by atoms with Gasteiger partial charge in [-0.05, 0) is 40.5 Å². The van der Waals surface area contributed by atoms with Crippen molar-refractivity contribution in [2.75, 3.05) is 37.6 Å². The molecule has 0 atom stereocenters. The van der Waals surface area contributed by atoms with Crippen molar-refractivity contribution in [1.82, 2.24) is 9.80 Å². The Morgan fingerprint density at radius 2 is 1.91 bits per heavy atom. The summed E-state index contributed by atoms with van der Waals surface area (Å²) in [5.41, 5.74) is 1.75. The number of carbonyl (C=O) groups is 3. The molecule has 0 spiro atoms. The molecule has 0 N–H and O–H groups in total.